The minimum Gasteiger partial charge on any atom is -0.493 e. The molecule has 0 aliphatic heterocycles. The molecule has 0 spiro atoms. The van der Waals surface area contributed by atoms with Crippen LogP contribution in [0, 0.1) is 5.92 Å². The molecule has 0 bridgehead atoms. The Morgan fingerprint density at radius 1 is 0.952 bits per heavy atom. The van der Waals surface area contributed by atoms with Gasteiger partial charge in [-0.3, -0.25) is 0 Å². The maximum Gasteiger partial charge on any atom is 0.203 e. The lowest BCUT2D eigenvalue weighted by molar-refractivity contribution is 0.314. The van der Waals surface area contributed by atoms with Crippen LogP contribution in [0.15, 0.2) is 12.1 Å². The van der Waals surface area contributed by atoms with Crippen molar-refractivity contribution >= 4 is 0 Å². The maximum atomic E-state index is 5.60. The molecule has 0 heterocycles. The Labute approximate surface area is 128 Å². The fourth-order valence-electron chi connectivity index (χ4n) is 2.75. The fourth-order valence-corrected chi connectivity index (χ4v) is 2.75. The summed E-state index contributed by atoms with van der Waals surface area (Å²) in [6, 6.07) is 4.24. The van der Waals surface area contributed by atoms with E-state index in [9.17, 15) is 0 Å². The summed E-state index contributed by atoms with van der Waals surface area (Å²) in [5, 5.41) is 3.40. The summed E-state index contributed by atoms with van der Waals surface area (Å²) in [6.45, 7) is 4.49. The lowest BCUT2D eigenvalue weighted by atomic mass is 9.90. The van der Waals surface area contributed by atoms with Gasteiger partial charge in [-0.05, 0) is 31.5 Å². The van der Waals surface area contributed by atoms with Gasteiger partial charge in [0.1, 0.15) is 0 Å². The van der Waals surface area contributed by atoms with Gasteiger partial charge in [0.25, 0.3) is 0 Å². The molecule has 1 unspecified atom stereocenters. The molecular formula is C17H29NO3. The Morgan fingerprint density at radius 3 is 2.00 bits per heavy atom. The number of hydrogen-bond acceptors (Lipinski definition) is 4. The molecule has 1 aromatic rings. The fraction of sp³-hybridized carbons (Fsp3) is 0.647. The number of benzene rings is 1. The summed E-state index contributed by atoms with van der Waals surface area (Å²) in [4.78, 5) is 0. The molecule has 0 aliphatic rings. The molecule has 0 aromatic heterocycles. The summed E-state index contributed by atoms with van der Waals surface area (Å²) in [5.41, 5.74) is 1.12. The van der Waals surface area contributed by atoms with Gasteiger partial charge in [0.05, 0.1) is 21.3 Å². The number of rotatable bonds is 9. The molecule has 1 N–H and O–H groups in total. The summed E-state index contributed by atoms with van der Waals surface area (Å²) < 4.78 is 16.4. The van der Waals surface area contributed by atoms with E-state index < -0.39 is 0 Å². The minimum absolute atomic E-state index is 0.240. The van der Waals surface area contributed by atoms with Crippen molar-refractivity contribution in [2.75, 3.05) is 28.4 Å². The van der Waals surface area contributed by atoms with Crippen LogP contribution < -0.4 is 19.5 Å². The first-order valence-corrected chi connectivity index (χ1v) is 7.62. The van der Waals surface area contributed by atoms with E-state index in [4.69, 9.17) is 14.2 Å². The molecule has 0 radical (unpaired) electrons. The topological polar surface area (TPSA) is 39.7 Å². The van der Waals surface area contributed by atoms with Gasteiger partial charge in [-0.2, -0.15) is 0 Å². The highest BCUT2D eigenvalue weighted by Gasteiger charge is 2.23. The van der Waals surface area contributed by atoms with Crippen molar-refractivity contribution in [1.82, 2.24) is 5.32 Å². The predicted octanol–water partition coefficient (Wildman–Crippen LogP) is 3.80. The third-order valence-corrected chi connectivity index (χ3v) is 4.18. The second-order valence-electron chi connectivity index (χ2n) is 5.18. The summed E-state index contributed by atoms with van der Waals surface area (Å²) in [6.07, 6.45) is 3.45. The SMILES string of the molecule is CCC(CC)CC(NC)c1ccc(OC)c(OC)c1OC. The van der Waals surface area contributed by atoms with E-state index in [-0.39, 0.29) is 6.04 Å². The van der Waals surface area contributed by atoms with E-state index >= 15 is 0 Å². The molecule has 1 atom stereocenters. The van der Waals surface area contributed by atoms with Crippen LogP contribution in [0.1, 0.15) is 44.7 Å². The van der Waals surface area contributed by atoms with Gasteiger partial charge >= 0.3 is 0 Å². The summed E-state index contributed by atoms with van der Waals surface area (Å²) in [7, 11) is 6.93. The third-order valence-electron chi connectivity index (χ3n) is 4.18. The van der Waals surface area contributed by atoms with E-state index in [0.29, 0.717) is 17.4 Å². The van der Waals surface area contributed by atoms with Crippen molar-refractivity contribution < 1.29 is 14.2 Å². The first kappa shape index (κ1) is 17.6. The van der Waals surface area contributed by atoms with Crippen molar-refractivity contribution in [3.05, 3.63) is 17.7 Å². The van der Waals surface area contributed by atoms with Crippen LogP contribution in [0.3, 0.4) is 0 Å². The van der Waals surface area contributed by atoms with Gasteiger partial charge in [0.15, 0.2) is 11.5 Å². The first-order chi connectivity index (χ1) is 10.2. The van der Waals surface area contributed by atoms with Crippen LogP contribution in [0.2, 0.25) is 0 Å². The van der Waals surface area contributed by atoms with Gasteiger partial charge in [0.2, 0.25) is 5.75 Å². The maximum absolute atomic E-state index is 5.60. The van der Waals surface area contributed by atoms with Crippen LogP contribution in [-0.4, -0.2) is 28.4 Å². The Kier molecular flexibility index (Phi) is 7.37. The monoisotopic (exact) mass is 295 g/mol. The van der Waals surface area contributed by atoms with Crippen LogP contribution in [0.5, 0.6) is 17.2 Å². The molecule has 4 nitrogen and oxygen atoms in total. The smallest absolute Gasteiger partial charge is 0.203 e. The molecule has 1 aromatic carbocycles. The van der Waals surface area contributed by atoms with Crippen molar-refractivity contribution in [3.8, 4) is 17.2 Å². The van der Waals surface area contributed by atoms with E-state index in [2.05, 4.69) is 25.2 Å². The highest BCUT2D eigenvalue weighted by atomic mass is 16.5. The zero-order valence-corrected chi connectivity index (χ0v) is 14.2. The number of nitrogens with one attached hydrogen (secondary N) is 1. The van der Waals surface area contributed by atoms with E-state index in [1.165, 1.54) is 12.8 Å². The lowest BCUT2D eigenvalue weighted by Gasteiger charge is -2.25. The molecule has 0 saturated carbocycles. The molecule has 1 rings (SSSR count). The van der Waals surface area contributed by atoms with E-state index in [1.807, 2.05) is 13.1 Å². The molecule has 21 heavy (non-hydrogen) atoms. The predicted molar refractivity (Wildman–Crippen MR) is 86.6 cm³/mol. The Balaban J connectivity index is 3.20. The third kappa shape index (κ3) is 4.03. The molecule has 120 valence electrons. The Hall–Kier alpha value is -1.42. The molecule has 0 amide bonds. The van der Waals surface area contributed by atoms with Gasteiger partial charge in [-0.15, -0.1) is 0 Å². The Morgan fingerprint density at radius 2 is 1.57 bits per heavy atom. The molecule has 0 aliphatic carbocycles. The average Bonchev–Trinajstić information content (AvgIpc) is 2.54. The van der Waals surface area contributed by atoms with Gasteiger partial charge in [0, 0.05) is 11.6 Å². The second-order valence-corrected chi connectivity index (χ2v) is 5.18. The second kappa shape index (κ2) is 8.78. The van der Waals surface area contributed by atoms with Crippen molar-refractivity contribution in [1.29, 1.82) is 0 Å². The quantitative estimate of drug-likeness (QED) is 0.752. The van der Waals surface area contributed by atoms with Gasteiger partial charge in [-0.1, -0.05) is 26.7 Å². The summed E-state index contributed by atoms with van der Waals surface area (Å²) in [5.74, 6) is 2.79. The van der Waals surface area contributed by atoms with Crippen LogP contribution >= 0.6 is 0 Å². The van der Waals surface area contributed by atoms with Crippen LogP contribution in [-0.2, 0) is 0 Å². The molecule has 0 fully saturated rings. The normalized spacial score (nSPS) is 12.3. The van der Waals surface area contributed by atoms with Gasteiger partial charge in [-0.25, -0.2) is 0 Å². The van der Waals surface area contributed by atoms with Crippen molar-refractivity contribution in [2.24, 2.45) is 5.92 Å². The van der Waals surface area contributed by atoms with Crippen LogP contribution in [0.25, 0.3) is 0 Å². The average molecular weight is 295 g/mol. The van der Waals surface area contributed by atoms with Crippen LogP contribution in [0.4, 0.5) is 0 Å². The number of ether oxygens (including phenoxy) is 3. The van der Waals surface area contributed by atoms with E-state index in [0.717, 1.165) is 17.7 Å². The van der Waals surface area contributed by atoms with Gasteiger partial charge < -0.3 is 19.5 Å². The number of hydrogen-bond donors (Lipinski definition) is 1. The largest absolute Gasteiger partial charge is 0.493 e. The van der Waals surface area contributed by atoms with Crippen molar-refractivity contribution in [2.45, 2.75) is 39.2 Å². The Bertz CT molecular complexity index is 430. The molecular weight excluding hydrogens is 266 g/mol. The zero-order chi connectivity index (χ0) is 15.8. The lowest BCUT2D eigenvalue weighted by Crippen LogP contribution is -2.20. The summed E-state index contributed by atoms with van der Waals surface area (Å²) >= 11 is 0. The highest BCUT2D eigenvalue weighted by Crippen LogP contribution is 2.43. The standard InChI is InChI=1S/C17H29NO3/c1-7-12(8-2)11-14(18-3)13-9-10-15(19-4)17(21-6)16(13)20-5/h9-10,12,14,18H,7-8,11H2,1-6H3. The number of methoxy groups -OCH3 is 3. The first-order valence-electron chi connectivity index (χ1n) is 7.62. The van der Waals surface area contributed by atoms with Crippen molar-refractivity contribution in [3.63, 3.8) is 0 Å². The molecule has 0 saturated heterocycles. The minimum atomic E-state index is 0.240. The molecule has 4 heteroatoms. The van der Waals surface area contributed by atoms with E-state index in [1.54, 1.807) is 21.3 Å². The zero-order valence-electron chi connectivity index (χ0n) is 14.2. The highest BCUT2D eigenvalue weighted by molar-refractivity contribution is 5.56.